The zero-order valence-corrected chi connectivity index (χ0v) is 56.7. The first-order valence-corrected chi connectivity index (χ1v) is 37.5. The van der Waals surface area contributed by atoms with Crippen molar-refractivity contribution in [3.05, 3.63) is 0 Å². The van der Waals surface area contributed by atoms with Crippen LogP contribution in [0, 0.1) is 11.8 Å². The number of aliphatic hydroxyl groups is 1. The summed E-state index contributed by atoms with van der Waals surface area (Å²) in [5.74, 6) is -0.660. The van der Waals surface area contributed by atoms with Gasteiger partial charge in [-0.3, -0.25) is 37.3 Å². The molecule has 0 saturated heterocycles. The maximum Gasteiger partial charge on any atom is 0.472 e. The smallest absolute Gasteiger partial charge is 0.462 e. The van der Waals surface area contributed by atoms with Gasteiger partial charge in [-0.05, 0) is 37.5 Å². The third kappa shape index (κ3) is 60.7. The van der Waals surface area contributed by atoms with Crippen LogP contribution >= 0.6 is 15.6 Å². The largest absolute Gasteiger partial charge is 0.472 e. The van der Waals surface area contributed by atoms with Crippen LogP contribution < -0.4 is 0 Å². The van der Waals surface area contributed by atoms with E-state index in [1.54, 1.807) is 0 Å². The number of hydrogen-bond acceptors (Lipinski definition) is 15. The molecule has 0 bridgehead atoms. The van der Waals surface area contributed by atoms with E-state index in [0.29, 0.717) is 31.6 Å². The van der Waals surface area contributed by atoms with Crippen molar-refractivity contribution in [1.82, 2.24) is 0 Å². The van der Waals surface area contributed by atoms with Gasteiger partial charge in [0.05, 0.1) is 26.4 Å². The summed E-state index contributed by atoms with van der Waals surface area (Å²) < 4.78 is 68.0. The predicted molar refractivity (Wildman–Crippen MR) is 340 cm³/mol. The third-order valence-electron chi connectivity index (χ3n) is 15.2. The number of carbonyl (C=O) groups is 4. The van der Waals surface area contributed by atoms with E-state index in [4.69, 9.17) is 37.0 Å². The third-order valence-corrected chi connectivity index (χ3v) is 17.1. The second-order valence-electron chi connectivity index (χ2n) is 24.8. The molecule has 0 rings (SSSR count). The van der Waals surface area contributed by atoms with Crippen LogP contribution in [-0.2, 0) is 65.4 Å². The Labute approximate surface area is 517 Å². The summed E-state index contributed by atoms with van der Waals surface area (Å²) in [6, 6.07) is 0. The zero-order valence-electron chi connectivity index (χ0n) is 54.9. The first kappa shape index (κ1) is 83.1. The molecular formula is C66H128O17P2. The molecule has 19 heteroatoms. The van der Waals surface area contributed by atoms with Crippen molar-refractivity contribution < 1.29 is 80.2 Å². The number of hydrogen-bond donors (Lipinski definition) is 3. The Bertz CT molecular complexity index is 1670. The molecule has 0 aromatic heterocycles. The molecule has 0 aromatic rings. The fourth-order valence-corrected chi connectivity index (χ4v) is 11.5. The molecule has 17 nitrogen and oxygen atoms in total. The first-order chi connectivity index (χ1) is 40.9. The highest BCUT2D eigenvalue weighted by atomic mass is 31.2. The second kappa shape index (κ2) is 58.4. The highest BCUT2D eigenvalue weighted by molar-refractivity contribution is 7.47. The Morgan fingerprint density at radius 1 is 0.318 bits per heavy atom. The van der Waals surface area contributed by atoms with E-state index in [-0.39, 0.29) is 25.7 Å². The Morgan fingerprint density at radius 3 is 0.800 bits per heavy atom. The SMILES string of the molecule is CCCCCCCCCCCCCC(=O)OC[C@H](COP(=O)(O)OC[C@@H](O)COP(=O)(O)OC[C@@H](COC(=O)CCCCCCCCCCC)OC(=O)CCCCCCCCCC(C)C)OC(=O)CCCCCCCCCCCCCCC(C)C. The standard InChI is InChI=1S/C66H128O17P2/c1-7-9-11-13-15-17-20-25-31-37-43-49-64(69)77-54-61(82-65(70)50-44-38-32-26-22-19-18-21-24-28-34-40-46-58(3)4)56-80-84(72,73)78-52-60(67)53-79-85(74,75)81-57-62(55-76-63(68)48-42-36-30-23-16-14-12-10-8-2)83-66(71)51-45-39-33-27-29-35-41-47-59(5)6/h58-62,67H,7-57H2,1-6H3,(H,72,73)(H,74,75)/t60-,61-,62-/m1/s1. The maximum absolute atomic E-state index is 13.0. The summed E-state index contributed by atoms with van der Waals surface area (Å²) in [7, 11) is -9.89. The molecule has 0 aliphatic heterocycles. The number of rotatable bonds is 65. The minimum absolute atomic E-state index is 0.103. The minimum Gasteiger partial charge on any atom is -0.462 e. The molecule has 5 atom stereocenters. The molecule has 0 heterocycles. The number of carbonyl (C=O) groups excluding carboxylic acids is 4. The molecule has 0 spiro atoms. The lowest BCUT2D eigenvalue weighted by Gasteiger charge is -2.21. The molecule has 0 fully saturated rings. The highest BCUT2D eigenvalue weighted by Crippen LogP contribution is 2.45. The van der Waals surface area contributed by atoms with Gasteiger partial charge in [0, 0.05) is 25.7 Å². The van der Waals surface area contributed by atoms with Crippen LogP contribution in [-0.4, -0.2) is 96.7 Å². The van der Waals surface area contributed by atoms with Crippen molar-refractivity contribution in [2.24, 2.45) is 11.8 Å². The molecule has 0 radical (unpaired) electrons. The van der Waals surface area contributed by atoms with Crippen LogP contribution in [0.15, 0.2) is 0 Å². The summed E-state index contributed by atoms with van der Waals surface area (Å²) in [4.78, 5) is 72.3. The molecular weight excluding hydrogens is 1130 g/mol. The van der Waals surface area contributed by atoms with Crippen molar-refractivity contribution in [2.45, 2.75) is 349 Å². The van der Waals surface area contributed by atoms with Gasteiger partial charge in [0.2, 0.25) is 0 Å². The average Bonchev–Trinajstić information content (AvgIpc) is 3.61. The van der Waals surface area contributed by atoms with Crippen LogP contribution in [0.3, 0.4) is 0 Å². The average molecular weight is 1260 g/mol. The topological polar surface area (TPSA) is 237 Å². The predicted octanol–water partition coefficient (Wildman–Crippen LogP) is 18.4. The van der Waals surface area contributed by atoms with Crippen molar-refractivity contribution >= 4 is 39.5 Å². The first-order valence-electron chi connectivity index (χ1n) is 34.5. The van der Waals surface area contributed by atoms with Gasteiger partial charge in [-0.2, -0.15) is 0 Å². The van der Waals surface area contributed by atoms with Crippen molar-refractivity contribution in [3.63, 3.8) is 0 Å². The fourth-order valence-electron chi connectivity index (χ4n) is 9.88. The lowest BCUT2D eigenvalue weighted by Crippen LogP contribution is -2.30. The Morgan fingerprint density at radius 2 is 0.541 bits per heavy atom. The van der Waals surface area contributed by atoms with Gasteiger partial charge in [-0.25, -0.2) is 9.13 Å². The molecule has 504 valence electrons. The van der Waals surface area contributed by atoms with Crippen molar-refractivity contribution in [1.29, 1.82) is 0 Å². The number of phosphoric acid groups is 2. The number of unbranched alkanes of at least 4 members (excludes halogenated alkanes) is 35. The van der Waals surface area contributed by atoms with Crippen LogP contribution in [0.2, 0.25) is 0 Å². The van der Waals surface area contributed by atoms with Gasteiger partial charge in [0.1, 0.15) is 19.3 Å². The Balaban J connectivity index is 5.23. The van der Waals surface area contributed by atoms with E-state index in [0.717, 1.165) is 95.8 Å². The number of esters is 4. The summed E-state index contributed by atoms with van der Waals surface area (Å²) >= 11 is 0. The normalized spacial score (nSPS) is 14.2. The number of ether oxygens (including phenoxy) is 4. The van der Waals surface area contributed by atoms with Gasteiger partial charge < -0.3 is 33.8 Å². The van der Waals surface area contributed by atoms with Gasteiger partial charge >= 0.3 is 39.5 Å². The van der Waals surface area contributed by atoms with E-state index in [9.17, 15) is 43.2 Å². The molecule has 0 aliphatic rings. The molecule has 85 heavy (non-hydrogen) atoms. The minimum atomic E-state index is -4.95. The van der Waals surface area contributed by atoms with Crippen molar-refractivity contribution in [3.8, 4) is 0 Å². The lowest BCUT2D eigenvalue weighted by molar-refractivity contribution is -0.161. The van der Waals surface area contributed by atoms with Gasteiger partial charge in [-0.1, -0.05) is 279 Å². The number of aliphatic hydroxyl groups excluding tert-OH is 1. The van der Waals surface area contributed by atoms with Crippen LogP contribution in [0.4, 0.5) is 0 Å². The second-order valence-corrected chi connectivity index (χ2v) is 27.7. The summed E-state index contributed by atoms with van der Waals surface area (Å²) in [5, 5.41) is 10.5. The highest BCUT2D eigenvalue weighted by Gasteiger charge is 2.30. The van der Waals surface area contributed by atoms with Gasteiger partial charge in [0.15, 0.2) is 12.2 Å². The van der Waals surface area contributed by atoms with E-state index < -0.39 is 97.5 Å². The molecule has 0 aromatic carbocycles. The molecule has 0 saturated carbocycles. The monoisotopic (exact) mass is 1250 g/mol. The molecule has 0 aliphatic carbocycles. The summed E-state index contributed by atoms with van der Waals surface area (Å²) in [6.07, 6.45) is 41.7. The molecule has 2 unspecified atom stereocenters. The van der Waals surface area contributed by atoms with E-state index in [1.807, 2.05) is 0 Å². The quantitative estimate of drug-likeness (QED) is 0.0222. The fraction of sp³-hybridized carbons (Fsp3) is 0.939. The van der Waals surface area contributed by atoms with Gasteiger partial charge in [0.25, 0.3) is 0 Å². The Hall–Kier alpha value is -1.94. The van der Waals surface area contributed by atoms with Crippen LogP contribution in [0.1, 0.15) is 330 Å². The number of phosphoric ester groups is 2. The molecule has 0 amide bonds. The van der Waals surface area contributed by atoms with Crippen LogP contribution in [0.5, 0.6) is 0 Å². The zero-order chi connectivity index (χ0) is 62.9. The van der Waals surface area contributed by atoms with E-state index in [2.05, 4.69) is 41.5 Å². The maximum atomic E-state index is 13.0. The molecule has 3 N–H and O–H groups in total. The van der Waals surface area contributed by atoms with Crippen LogP contribution in [0.25, 0.3) is 0 Å². The van der Waals surface area contributed by atoms with E-state index >= 15 is 0 Å². The van der Waals surface area contributed by atoms with Gasteiger partial charge in [-0.15, -0.1) is 0 Å². The van der Waals surface area contributed by atoms with Crippen molar-refractivity contribution in [2.75, 3.05) is 39.6 Å². The summed E-state index contributed by atoms with van der Waals surface area (Å²) in [6.45, 7) is 9.44. The Kier molecular flexibility index (Phi) is 57.1. The van der Waals surface area contributed by atoms with E-state index in [1.165, 1.54) is 148 Å². The lowest BCUT2D eigenvalue weighted by atomic mass is 10.0. The summed E-state index contributed by atoms with van der Waals surface area (Å²) in [5.41, 5.74) is 0.